The third-order valence-corrected chi connectivity index (χ3v) is 1.10. The summed E-state index contributed by atoms with van der Waals surface area (Å²) in [6.07, 6.45) is -0.507. The molecule has 0 aromatic carbocycles. The Bertz CT molecular complexity index is 75.6. The predicted octanol–water partition coefficient (Wildman–Crippen LogP) is 2.14. The highest BCUT2D eigenvalue weighted by atomic mass is 31.2. The second kappa shape index (κ2) is 1.69. The molecule has 0 aliphatic heterocycles. The number of halogens is 2. The molecule has 0 fully saturated rings. The lowest BCUT2D eigenvalue weighted by Gasteiger charge is -1.84. The molecule has 1 nitrogen and oxygen atoms in total. The van der Waals surface area contributed by atoms with Gasteiger partial charge < -0.3 is 0 Å². The molecule has 0 saturated heterocycles. The van der Waals surface area contributed by atoms with Crippen LogP contribution in [0.1, 0.15) is 6.92 Å². The topological polar surface area (TPSA) is 17.1 Å². The first-order chi connectivity index (χ1) is 2.56. The van der Waals surface area contributed by atoms with Crippen molar-refractivity contribution in [1.29, 1.82) is 0 Å². The van der Waals surface area contributed by atoms with Gasteiger partial charge in [0.15, 0.2) is 0 Å². The van der Waals surface area contributed by atoms with Crippen molar-refractivity contribution in [2.75, 3.05) is 6.16 Å². The summed E-state index contributed by atoms with van der Waals surface area (Å²) in [7, 11) is -4.65. The van der Waals surface area contributed by atoms with Gasteiger partial charge in [0.2, 0.25) is 0 Å². The Balaban J connectivity index is 3.48. The minimum atomic E-state index is -4.65. The van der Waals surface area contributed by atoms with E-state index < -0.39 is 13.9 Å². The van der Waals surface area contributed by atoms with E-state index in [-0.39, 0.29) is 0 Å². The highest BCUT2D eigenvalue weighted by molar-refractivity contribution is 7.52. The van der Waals surface area contributed by atoms with Crippen LogP contribution in [0.25, 0.3) is 0 Å². The first-order valence-electron chi connectivity index (χ1n) is 1.54. The second-order valence-electron chi connectivity index (χ2n) is 0.886. The summed E-state index contributed by atoms with van der Waals surface area (Å²) in [4.78, 5) is 0. The predicted molar refractivity (Wildman–Crippen MR) is 20.4 cm³/mol. The Kier molecular flexibility index (Phi) is 1.72. The molecule has 0 atom stereocenters. The van der Waals surface area contributed by atoms with Gasteiger partial charge in [-0.05, 0) is 0 Å². The van der Waals surface area contributed by atoms with Gasteiger partial charge in [0.05, 0.1) is 6.16 Å². The standard InChI is InChI=1S/C2H5F2OP/c1-2-6(3,4)5/h2H2,1H3. The maximum absolute atomic E-state index is 11.0. The van der Waals surface area contributed by atoms with E-state index >= 15 is 0 Å². The van der Waals surface area contributed by atoms with Crippen LogP contribution < -0.4 is 0 Å². The van der Waals surface area contributed by atoms with Gasteiger partial charge in [0.25, 0.3) is 0 Å². The van der Waals surface area contributed by atoms with Gasteiger partial charge in [-0.25, -0.2) is 0 Å². The molecule has 0 aromatic rings. The lowest BCUT2D eigenvalue weighted by atomic mass is 11.0. The van der Waals surface area contributed by atoms with Crippen molar-refractivity contribution in [3.63, 3.8) is 0 Å². The van der Waals surface area contributed by atoms with Gasteiger partial charge in [0.1, 0.15) is 0 Å². The zero-order chi connectivity index (χ0) is 5.21. The minimum Gasteiger partial charge on any atom is -0.250 e. The van der Waals surface area contributed by atoms with Crippen molar-refractivity contribution in [2.45, 2.75) is 6.92 Å². The molecule has 0 N–H and O–H groups in total. The molecule has 4 heteroatoms. The Morgan fingerprint density at radius 1 is 1.67 bits per heavy atom. The van der Waals surface area contributed by atoms with Gasteiger partial charge in [-0.15, -0.1) is 0 Å². The minimum absolute atomic E-state index is 0.507. The van der Waals surface area contributed by atoms with E-state index in [0.29, 0.717) is 0 Å². The van der Waals surface area contributed by atoms with Crippen molar-refractivity contribution in [2.24, 2.45) is 0 Å². The summed E-state index contributed by atoms with van der Waals surface area (Å²) < 4.78 is 31.3. The van der Waals surface area contributed by atoms with E-state index in [2.05, 4.69) is 0 Å². The summed E-state index contributed by atoms with van der Waals surface area (Å²) in [5, 5.41) is 0. The third kappa shape index (κ3) is 4.09. The summed E-state index contributed by atoms with van der Waals surface area (Å²) in [6.45, 7) is 1.20. The normalized spacial score (nSPS) is 11.8. The summed E-state index contributed by atoms with van der Waals surface area (Å²) in [5.74, 6) is 0. The molecule has 38 valence electrons. The van der Waals surface area contributed by atoms with Crippen molar-refractivity contribution < 1.29 is 13.0 Å². The van der Waals surface area contributed by atoms with Gasteiger partial charge >= 0.3 is 7.76 Å². The highest BCUT2D eigenvalue weighted by Gasteiger charge is 2.12. The van der Waals surface area contributed by atoms with Gasteiger partial charge in [-0.1, -0.05) is 6.92 Å². The van der Waals surface area contributed by atoms with Gasteiger partial charge in [0, 0.05) is 0 Å². The molecular formula is C2H5F2OP. The fourth-order valence-electron chi connectivity index (χ4n) is 0. The molecule has 0 spiro atoms. The average Bonchev–Trinajstić information content (AvgIpc) is 1.35. The first kappa shape index (κ1) is 6.09. The van der Waals surface area contributed by atoms with Crippen molar-refractivity contribution in [1.82, 2.24) is 0 Å². The summed E-state index contributed by atoms with van der Waals surface area (Å²) in [6, 6.07) is 0. The molecule has 0 amide bonds. The lowest BCUT2D eigenvalue weighted by molar-refractivity contribution is 0.496. The second-order valence-corrected chi connectivity index (χ2v) is 2.66. The van der Waals surface area contributed by atoms with E-state index in [1.54, 1.807) is 0 Å². The molecule has 0 radical (unpaired) electrons. The molecule has 0 aliphatic rings. The van der Waals surface area contributed by atoms with E-state index in [1.807, 2.05) is 0 Å². The molecule has 0 saturated carbocycles. The number of hydrogen-bond acceptors (Lipinski definition) is 1. The maximum Gasteiger partial charge on any atom is 0.402 e. The van der Waals surface area contributed by atoms with Crippen LogP contribution in [0, 0.1) is 0 Å². The summed E-state index contributed by atoms with van der Waals surface area (Å²) >= 11 is 0. The maximum atomic E-state index is 11.0. The van der Waals surface area contributed by atoms with E-state index in [9.17, 15) is 13.0 Å². The van der Waals surface area contributed by atoms with E-state index in [4.69, 9.17) is 0 Å². The molecule has 6 heavy (non-hydrogen) atoms. The van der Waals surface area contributed by atoms with Crippen LogP contribution in [0.2, 0.25) is 0 Å². The molecule has 0 aromatic heterocycles. The van der Waals surface area contributed by atoms with E-state index in [1.165, 1.54) is 6.92 Å². The Morgan fingerprint density at radius 2 is 1.83 bits per heavy atom. The lowest BCUT2D eigenvalue weighted by Crippen LogP contribution is -1.62. The highest BCUT2D eigenvalue weighted by Crippen LogP contribution is 2.47. The van der Waals surface area contributed by atoms with Crippen LogP contribution in [-0.2, 0) is 4.57 Å². The zero-order valence-electron chi connectivity index (χ0n) is 3.32. The van der Waals surface area contributed by atoms with Crippen LogP contribution in [0.5, 0.6) is 0 Å². The molecule has 0 heterocycles. The quantitative estimate of drug-likeness (QED) is 0.477. The van der Waals surface area contributed by atoms with Crippen LogP contribution in [0.3, 0.4) is 0 Å². The van der Waals surface area contributed by atoms with Crippen molar-refractivity contribution in [3.05, 3.63) is 0 Å². The monoisotopic (exact) mass is 114 g/mol. The smallest absolute Gasteiger partial charge is 0.250 e. The van der Waals surface area contributed by atoms with Crippen LogP contribution in [0.4, 0.5) is 8.39 Å². The number of rotatable bonds is 1. The number of hydrogen-bond donors (Lipinski definition) is 0. The van der Waals surface area contributed by atoms with Crippen LogP contribution in [-0.4, -0.2) is 6.16 Å². The average molecular weight is 114 g/mol. The SMILES string of the molecule is CCP(=O)(F)F. The first-order valence-corrected chi connectivity index (χ1v) is 3.22. The Hall–Kier alpha value is 0.0900. The van der Waals surface area contributed by atoms with E-state index in [0.717, 1.165) is 0 Å². The van der Waals surface area contributed by atoms with Crippen molar-refractivity contribution in [3.8, 4) is 0 Å². The Morgan fingerprint density at radius 3 is 1.83 bits per heavy atom. The third-order valence-electron chi connectivity index (χ3n) is 0.368. The zero-order valence-corrected chi connectivity index (χ0v) is 4.21. The molecule has 0 rings (SSSR count). The molecule has 0 aliphatic carbocycles. The summed E-state index contributed by atoms with van der Waals surface area (Å²) in [5.41, 5.74) is 0. The van der Waals surface area contributed by atoms with Gasteiger partial charge in [-0.3, -0.25) is 4.57 Å². The van der Waals surface area contributed by atoms with Crippen LogP contribution >= 0.6 is 7.76 Å². The molecule has 0 bridgehead atoms. The van der Waals surface area contributed by atoms with Crippen LogP contribution in [0.15, 0.2) is 0 Å². The largest absolute Gasteiger partial charge is 0.402 e. The fourth-order valence-corrected chi connectivity index (χ4v) is 0. The Labute approximate surface area is 35.0 Å². The molecular weight excluding hydrogens is 109 g/mol. The molecule has 0 unspecified atom stereocenters. The van der Waals surface area contributed by atoms with Crippen molar-refractivity contribution >= 4 is 7.76 Å². The fraction of sp³-hybridized carbons (Fsp3) is 1.00. The van der Waals surface area contributed by atoms with Gasteiger partial charge in [-0.2, -0.15) is 8.39 Å².